The number of halogens is 9. The van der Waals surface area contributed by atoms with Crippen LogP contribution in [0.1, 0.15) is 87.5 Å². The summed E-state index contributed by atoms with van der Waals surface area (Å²) in [6, 6.07) is 29.8. The number of benzene rings is 4. The van der Waals surface area contributed by atoms with Gasteiger partial charge in [-0.15, -0.1) is 0 Å². The summed E-state index contributed by atoms with van der Waals surface area (Å²) in [5, 5.41) is 20.6. The van der Waals surface area contributed by atoms with Crippen molar-refractivity contribution < 1.29 is 87.3 Å². The number of nitrogens with one attached hydrogen (secondary N) is 1. The molecule has 0 saturated heterocycles. The average Bonchev–Trinajstić information content (AvgIpc) is 3.24. The first-order valence-corrected chi connectivity index (χ1v) is 22.1. The van der Waals surface area contributed by atoms with Crippen LogP contribution >= 0.6 is 46.4 Å². The van der Waals surface area contributed by atoms with E-state index in [0.717, 1.165) is 23.0 Å². The number of hydrogen-bond acceptors (Lipinski definition) is 7. The number of amides is 1. The quantitative estimate of drug-likeness (QED) is 0.0483. The first-order valence-electron chi connectivity index (χ1n) is 20.0. The largest absolute Gasteiger partial charge is 1.00 e. The third-order valence-electron chi connectivity index (χ3n) is 11.6. The molecule has 4 aromatic rings. The van der Waals surface area contributed by atoms with Crippen LogP contribution in [0.4, 0.5) is 17.6 Å². The van der Waals surface area contributed by atoms with Crippen LogP contribution in [0.3, 0.4) is 0 Å². The number of rotatable bonds is 7. The molecule has 0 bridgehead atoms. The Morgan fingerprint density at radius 3 is 1.22 bits per heavy atom. The molecule has 0 spiro atoms. The SMILES string of the molecule is CC.N#CC1(c2ccc(Cl)cc2)CC(F)C1.NNC(=O)C1(c2ccc(Cl)cc2)CC(F)C1.O=C(O)C1(c2ccc(Cl)cc2)CC(F)C1.O=CC1(c2ccc(Cl)cc2)CC(F)C1.[Na+].[O-][Cl+][O-]. The molecule has 4 aliphatic rings. The molecule has 0 aliphatic heterocycles. The molecule has 1 amide bonds. The van der Waals surface area contributed by atoms with E-state index in [0.29, 0.717) is 51.3 Å². The minimum Gasteiger partial charge on any atom is -0.544 e. The van der Waals surface area contributed by atoms with Gasteiger partial charge in [-0.1, -0.05) is 109 Å². The van der Waals surface area contributed by atoms with Crippen LogP contribution in [-0.2, 0) is 36.0 Å². The van der Waals surface area contributed by atoms with Crippen LogP contribution in [0.5, 0.6) is 0 Å². The number of carboxylic acid groups (broad SMARTS) is 1. The van der Waals surface area contributed by atoms with Crippen LogP contribution in [0.25, 0.3) is 0 Å². The Balaban J connectivity index is 0.000000287. The van der Waals surface area contributed by atoms with Gasteiger partial charge in [0.15, 0.2) is 0 Å². The summed E-state index contributed by atoms with van der Waals surface area (Å²) >= 11 is 22.5. The molecule has 4 N–H and O–H groups in total. The van der Waals surface area contributed by atoms with E-state index in [2.05, 4.69) is 11.5 Å². The van der Waals surface area contributed by atoms with Crippen molar-refractivity contribution in [1.82, 2.24) is 5.43 Å². The van der Waals surface area contributed by atoms with E-state index in [-0.39, 0.29) is 61.1 Å². The maximum absolute atomic E-state index is 13.0. The number of carboxylic acids is 1. The van der Waals surface area contributed by atoms with E-state index >= 15 is 0 Å². The molecule has 0 unspecified atom stereocenters. The van der Waals surface area contributed by atoms with Gasteiger partial charge in [0.1, 0.15) is 31.0 Å². The summed E-state index contributed by atoms with van der Waals surface area (Å²) in [5.74, 6) is 3.83. The van der Waals surface area contributed by atoms with E-state index in [9.17, 15) is 31.9 Å². The molecule has 8 rings (SSSR count). The molecule has 4 aliphatic carbocycles. The Hall–Kier alpha value is -2.97. The van der Waals surface area contributed by atoms with Crippen LogP contribution in [0.2, 0.25) is 20.1 Å². The molecule has 0 heterocycles. The zero-order valence-corrected chi connectivity index (χ0v) is 41.5. The maximum atomic E-state index is 13.0. The van der Waals surface area contributed by atoms with Gasteiger partial charge in [0.2, 0.25) is 5.91 Å². The van der Waals surface area contributed by atoms with Gasteiger partial charge < -0.3 is 19.2 Å². The van der Waals surface area contributed by atoms with Gasteiger partial charge in [-0.25, -0.2) is 23.4 Å². The van der Waals surface area contributed by atoms with Gasteiger partial charge in [0, 0.05) is 32.9 Å². The smallest absolute Gasteiger partial charge is 0.544 e. The normalized spacial score (nSPS) is 27.4. The van der Waals surface area contributed by atoms with Gasteiger partial charge in [-0.3, -0.25) is 15.0 Å². The number of aliphatic carboxylic acids is 1. The van der Waals surface area contributed by atoms with Crippen molar-refractivity contribution in [1.29, 1.82) is 5.26 Å². The number of nitrogens with two attached hydrogens (primary N) is 1. The van der Waals surface area contributed by atoms with E-state index in [1.165, 1.54) is 0 Å². The summed E-state index contributed by atoms with van der Waals surface area (Å²) < 4.78 is 67.9. The molecule has 0 aromatic heterocycles. The fourth-order valence-electron chi connectivity index (χ4n) is 7.92. The summed E-state index contributed by atoms with van der Waals surface area (Å²) in [5.41, 5.74) is 2.17. The minimum atomic E-state index is -1.04. The second-order valence-electron chi connectivity index (χ2n) is 15.5. The van der Waals surface area contributed by atoms with E-state index < -0.39 is 63.6 Å². The van der Waals surface area contributed by atoms with Crippen molar-refractivity contribution >= 4 is 64.6 Å². The standard InChI is InChI=1S/C11H12ClFN2O.C11H9ClFN.C11H10ClFO2.C11H10ClFO.C2H6.ClO2.Na/c12-8-3-1-7(2-4-8)11(10(16)15-14)5-9(13)6-11;12-9-3-1-8(2-4-9)11(7-14)5-10(13)6-11;12-8-3-1-7(2-4-8)11(10(14)15)5-9(13)6-11;12-9-3-1-8(2-4-9)11(7-14)5-10(13)6-11;1-2;2-1-3;/h1-4,9H,5-6,14H2,(H,15,16);1-4,10H,5-6H2;1-4,9H,5-6H2,(H,14,15);1-4,7,10H,5-6H2;1-2H3;;/q;;;;;-1;+1. The Kier molecular flexibility index (Phi) is 23.7. The third-order valence-corrected chi connectivity index (χ3v) is 12.6. The monoisotopic (exact) mass is 1010 g/mol. The first kappa shape index (κ1) is 58.2. The zero-order valence-electron chi connectivity index (χ0n) is 35.7. The van der Waals surface area contributed by atoms with Crippen molar-refractivity contribution in [3.05, 3.63) is 139 Å². The molecule has 19 heteroatoms. The second kappa shape index (κ2) is 26.5. The fraction of sp³-hybridized carbons (Fsp3) is 0.391. The average molecular weight is 1010 g/mol. The van der Waals surface area contributed by atoms with Crippen LogP contribution in [0, 0.1) is 22.7 Å². The molecule has 0 atom stereocenters. The van der Waals surface area contributed by atoms with Crippen LogP contribution < -0.4 is 50.1 Å². The number of nitrogens with zero attached hydrogens (tertiary/aromatic N) is 1. The van der Waals surface area contributed by atoms with Crippen molar-refractivity contribution in [3.8, 4) is 6.07 Å². The van der Waals surface area contributed by atoms with E-state index in [4.69, 9.17) is 71.9 Å². The molecule has 0 radical (unpaired) electrons. The Morgan fingerprint density at radius 2 is 0.938 bits per heavy atom. The predicted molar refractivity (Wildman–Crippen MR) is 232 cm³/mol. The number of carbonyl (C=O) groups is 3. The first-order chi connectivity index (χ1) is 30.4. The summed E-state index contributed by atoms with van der Waals surface area (Å²) in [6.07, 6.45) is -1.05. The molecule has 65 heavy (non-hydrogen) atoms. The van der Waals surface area contributed by atoms with Crippen molar-refractivity contribution in [3.63, 3.8) is 0 Å². The van der Waals surface area contributed by atoms with Gasteiger partial charge in [0.05, 0.1) is 39.1 Å². The topological polar surface area (TPSA) is 179 Å². The minimum absolute atomic E-state index is 0. The number of aldehydes is 1. The van der Waals surface area contributed by atoms with Crippen molar-refractivity contribution in [2.45, 2.75) is 112 Å². The van der Waals surface area contributed by atoms with Crippen molar-refractivity contribution in [2.75, 3.05) is 0 Å². The summed E-state index contributed by atoms with van der Waals surface area (Å²) in [6.45, 7) is 4.00. The zero-order chi connectivity index (χ0) is 47.9. The predicted octanol–water partition coefficient (Wildman–Crippen LogP) is 6.29. The molecule has 4 fully saturated rings. The maximum Gasteiger partial charge on any atom is 1.00 e. The van der Waals surface area contributed by atoms with Crippen LogP contribution in [-0.4, -0.2) is 48.0 Å². The van der Waals surface area contributed by atoms with Crippen molar-refractivity contribution in [2.24, 2.45) is 5.84 Å². The molecule has 9 nitrogen and oxygen atoms in total. The van der Waals surface area contributed by atoms with E-state index in [1.54, 1.807) is 97.1 Å². The molecular weight excluding hydrogens is 967 g/mol. The summed E-state index contributed by atoms with van der Waals surface area (Å²) in [4.78, 5) is 33.8. The summed E-state index contributed by atoms with van der Waals surface area (Å²) in [7, 11) is 0. The number of nitriles is 1. The van der Waals surface area contributed by atoms with Gasteiger partial charge in [-0.2, -0.15) is 5.26 Å². The number of hydrazine groups is 1. The second-order valence-corrected chi connectivity index (χ2v) is 17.4. The van der Waals surface area contributed by atoms with Crippen LogP contribution in [0.15, 0.2) is 97.1 Å². The number of carbonyl (C=O) groups excluding carboxylic acids is 2. The fourth-order valence-corrected chi connectivity index (χ4v) is 8.43. The Morgan fingerprint density at radius 1 is 0.646 bits per heavy atom. The molecule has 346 valence electrons. The van der Waals surface area contributed by atoms with Gasteiger partial charge in [0.25, 0.3) is 0 Å². The Labute approximate surface area is 422 Å². The molecule has 4 saturated carbocycles. The molecular formula is C46H47Cl5F4N3NaO6. The number of hydrogen-bond donors (Lipinski definition) is 3. The Bertz CT molecular complexity index is 2150. The number of alkyl halides is 4. The molecule has 4 aromatic carbocycles. The van der Waals surface area contributed by atoms with Gasteiger partial charge in [-0.05, 0) is 109 Å². The van der Waals surface area contributed by atoms with E-state index in [1.807, 2.05) is 13.8 Å². The van der Waals surface area contributed by atoms with Gasteiger partial charge >= 0.3 is 35.5 Å². The third kappa shape index (κ3) is 14.5.